The van der Waals surface area contributed by atoms with E-state index < -0.39 is 16.0 Å². The summed E-state index contributed by atoms with van der Waals surface area (Å²) in [5.74, 6) is -1.11. The van der Waals surface area contributed by atoms with E-state index >= 15 is 0 Å². The molecule has 0 saturated carbocycles. The van der Waals surface area contributed by atoms with Gasteiger partial charge in [0, 0.05) is 5.56 Å². The van der Waals surface area contributed by atoms with Crippen molar-refractivity contribution in [3.63, 3.8) is 0 Å². The quantitative estimate of drug-likeness (QED) is 0.671. The zero-order valence-electron chi connectivity index (χ0n) is 13.6. The highest BCUT2D eigenvalue weighted by atomic mass is 35.5. The number of carboxylic acids is 1. The Balaban J connectivity index is 1.95. The fourth-order valence-corrected chi connectivity index (χ4v) is 3.58. The molecule has 0 aliphatic heterocycles. The lowest BCUT2D eigenvalue weighted by Gasteiger charge is -2.11. The summed E-state index contributed by atoms with van der Waals surface area (Å²) >= 11 is 6.11. The molecule has 2 aromatic carbocycles. The third-order valence-electron chi connectivity index (χ3n) is 3.64. The summed E-state index contributed by atoms with van der Waals surface area (Å²) in [6.45, 7) is 1.86. The fourth-order valence-electron chi connectivity index (χ4n) is 2.29. The lowest BCUT2D eigenvalue weighted by Crippen LogP contribution is -2.13. The molecule has 0 unspecified atom stereocenters. The van der Waals surface area contributed by atoms with Gasteiger partial charge in [-0.25, -0.2) is 13.2 Å². The van der Waals surface area contributed by atoms with Gasteiger partial charge in [0.25, 0.3) is 10.0 Å². The minimum absolute atomic E-state index is 0.107. The number of carbonyl (C=O) groups is 1. The van der Waals surface area contributed by atoms with Gasteiger partial charge in [0.1, 0.15) is 5.76 Å². The second-order valence-corrected chi connectivity index (χ2v) is 7.67. The number of aryl methyl sites for hydroxylation is 1. The molecule has 0 spiro atoms. The van der Waals surface area contributed by atoms with E-state index in [1.54, 1.807) is 18.2 Å². The summed E-state index contributed by atoms with van der Waals surface area (Å²) < 4.78 is 32.7. The highest BCUT2D eigenvalue weighted by Crippen LogP contribution is 2.31. The van der Waals surface area contributed by atoms with Crippen LogP contribution in [-0.2, 0) is 10.0 Å². The van der Waals surface area contributed by atoms with E-state index in [9.17, 15) is 13.2 Å². The molecule has 6 nitrogen and oxygen atoms in total. The Morgan fingerprint density at radius 2 is 1.77 bits per heavy atom. The van der Waals surface area contributed by atoms with Crippen LogP contribution in [0.5, 0.6) is 0 Å². The van der Waals surface area contributed by atoms with E-state index in [1.807, 2.05) is 6.92 Å². The predicted molar refractivity (Wildman–Crippen MR) is 98.1 cm³/mol. The normalized spacial score (nSPS) is 11.3. The molecule has 0 saturated heterocycles. The number of hydrogen-bond acceptors (Lipinski definition) is 4. The molecule has 0 radical (unpaired) electrons. The second-order valence-electron chi connectivity index (χ2n) is 5.58. The Kier molecular flexibility index (Phi) is 4.76. The maximum absolute atomic E-state index is 12.5. The topological polar surface area (TPSA) is 96.6 Å². The largest absolute Gasteiger partial charge is 0.475 e. The number of benzene rings is 2. The summed E-state index contributed by atoms with van der Waals surface area (Å²) in [4.78, 5) is 11.0. The number of anilines is 1. The number of aromatic carboxylic acids is 1. The first-order valence-corrected chi connectivity index (χ1v) is 9.35. The van der Waals surface area contributed by atoms with Crippen molar-refractivity contribution in [1.82, 2.24) is 0 Å². The summed E-state index contributed by atoms with van der Waals surface area (Å²) in [6, 6.07) is 13.8. The molecule has 1 aromatic heterocycles. The smallest absolute Gasteiger partial charge is 0.371 e. The van der Waals surface area contributed by atoms with Crippen molar-refractivity contribution >= 4 is 33.3 Å². The van der Waals surface area contributed by atoms with E-state index in [4.69, 9.17) is 21.1 Å². The average Bonchev–Trinajstić information content (AvgIpc) is 3.07. The second kappa shape index (κ2) is 6.86. The minimum atomic E-state index is -3.82. The molecule has 0 bridgehead atoms. The zero-order valence-corrected chi connectivity index (χ0v) is 15.1. The van der Waals surface area contributed by atoms with Crippen LogP contribution in [0.25, 0.3) is 11.3 Å². The lowest BCUT2D eigenvalue weighted by molar-refractivity contribution is 0.0663. The minimum Gasteiger partial charge on any atom is -0.475 e. The van der Waals surface area contributed by atoms with E-state index in [0.717, 1.165) is 5.56 Å². The number of nitrogens with one attached hydrogen (secondary N) is 1. The van der Waals surface area contributed by atoms with Crippen molar-refractivity contribution in [2.45, 2.75) is 11.8 Å². The molecule has 0 aliphatic carbocycles. The van der Waals surface area contributed by atoms with Gasteiger partial charge in [0.2, 0.25) is 5.76 Å². The molecule has 0 atom stereocenters. The zero-order chi connectivity index (χ0) is 18.9. The van der Waals surface area contributed by atoms with Crippen molar-refractivity contribution in [3.8, 4) is 11.3 Å². The highest BCUT2D eigenvalue weighted by molar-refractivity contribution is 7.92. The van der Waals surface area contributed by atoms with Crippen LogP contribution < -0.4 is 4.72 Å². The molecular formula is C18H14ClNO5S. The predicted octanol–water partition coefficient (Wildman–Crippen LogP) is 4.41. The third-order valence-corrected chi connectivity index (χ3v) is 5.35. The molecule has 3 rings (SSSR count). The Hall–Kier alpha value is -2.77. The van der Waals surface area contributed by atoms with Gasteiger partial charge in [0.05, 0.1) is 15.6 Å². The molecular weight excluding hydrogens is 378 g/mol. The van der Waals surface area contributed by atoms with E-state index in [2.05, 4.69) is 4.72 Å². The first-order chi connectivity index (χ1) is 12.3. The molecule has 2 N–H and O–H groups in total. The number of carboxylic acid groups (broad SMARTS) is 1. The Morgan fingerprint density at radius 1 is 1.08 bits per heavy atom. The monoisotopic (exact) mass is 391 g/mol. The first kappa shape index (κ1) is 18.0. The van der Waals surface area contributed by atoms with Crippen LogP contribution >= 0.6 is 11.6 Å². The first-order valence-electron chi connectivity index (χ1n) is 7.49. The fraction of sp³-hybridized carbons (Fsp3) is 0.0556. The summed E-state index contributed by atoms with van der Waals surface area (Å²) in [5.41, 5.74) is 1.59. The number of furan rings is 1. The van der Waals surface area contributed by atoms with Gasteiger partial charge in [0.15, 0.2) is 0 Å². The SMILES string of the molecule is Cc1ccc(S(=O)(=O)Nc2cc(-c3ccc(C(=O)O)o3)ccc2Cl)cc1. The molecule has 0 amide bonds. The van der Waals surface area contributed by atoms with Crippen LogP contribution in [0.1, 0.15) is 16.1 Å². The maximum Gasteiger partial charge on any atom is 0.371 e. The van der Waals surface area contributed by atoms with Crippen molar-refractivity contribution in [3.05, 3.63) is 70.9 Å². The Labute approximate surface area is 155 Å². The van der Waals surface area contributed by atoms with Gasteiger partial charge < -0.3 is 9.52 Å². The van der Waals surface area contributed by atoms with Gasteiger partial charge in [-0.05, 0) is 49.4 Å². The number of rotatable bonds is 5. The van der Waals surface area contributed by atoms with Gasteiger partial charge in [-0.15, -0.1) is 0 Å². The number of hydrogen-bond donors (Lipinski definition) is 2. The van der Waals surface area contributed by atoms with Crippen LogP contribution in [0.4, 0.5) is 5.69 Å². The van der Waals surface area contributed by atoms with E-state index in [1.165, 1.54) is 36.4 Å². The van der Waals surface area contributed by atoms with Crippen LogP contribution in [0.3, 0.4) is 0 Å². The molecule has 3 aromatic rings. The highest BCUT2D eigenvalue weighted by Gasteiger charge is 2.17. The van der Waals surface area contributed by atoms with Gasteiger partial charge >= 0.3 is 5.97 Å². The lowest BCUT2D eigenvalue weighted by atomic mass is 10.1. The van der Waals surface area contributed by atoms with Crippen molar-refractivity contribution < 1.29 is 22.7 Å². The van der Waals surface area contributed by atoms with Crippen molar-refractivity contribution in [2.75, 3.05) is 4.72 Å². The molecule has 8 heteroatoms. The molecule has 0 aliphatic rings. The van der Waals surface area contributed by atoms with Crippen LogP contribution in [0.2, 0.25) is 5.02 Å². The van der Waals surface area contributed by atoms with E-state index in [-0.39, 0.29) is 27.1 Å². The summed E-state index contributed by atoms with van der Waals surface area (Å²) in [5, 5.41) is 9.14. The summed E-state index contributed by atoms with van der Waals surface area (Å²) in [6.07, 6.45) is 0. The van der Waals surface area contributed by atoms with E-state index in [0.29, 0.717) is 5.56 Å². The van der Waals surface area contributed by atoms with Gasteiger partial charge in [-0.1, -0.05) is 29.3 Å². The molecule has 134 valence electrons. The maximum atomic E-state index is 12.5. The standard InChI is InChI=1S/C18H14ClNO5S/c1-11-2-5-13(6-3-11)26(23,24)20-15-10-12(4-7-14(15)19)16-8-9-17(25-16)18(21)22/h2-10,20H,1H3,(H,21,22). The number of sulfonamides is 1. The molecule has 26 heavy (non-hydrogen) atoms. The van der Waals surface area contributed by atoms with Gasteiger partial charge in [-0.2, -0.15) is 0 Å². The Bertz CT molecular complexity index is 1070. The molecule has 1 heterocycles. The van der Waals surface area contributed by atoms with Crippen LogP contribution in [0.15, 0.2) is 63.9 Å². The number of halogens is 1. The van der Waals surface area contributed by atoms with Crippen LogP contribution in [0, 0.1) is 6.92 Å². The Morgan fingerprint density at radius 3 is 2.38 bits per heavy atom. The third kappa shape index (κ3) is 3.74. The molecule has 0 fully saturated rings. The van der Waals surface area contributed by atoms with Crippen molar-refractivity contribution in [1.29, 1.82) is 0 Å². The van der Waals surface area contributed by atoms with Crippen molar-refractivity contribution in [2.24, 2.45) is 0 Å². The van der Waals surface area contributed by atoms with Gasteiger partial charge in [-0.3, -0.25) is 4.72 Å². The average molecular weight is 392 g/mol. The summed E-state index contributed by atoms with van der Waals surface area (Å²) in [7, 11) is -3.82. The van der Waals surface area contributed by atoms with Crippen LogP contribution in [-0.4, -0.2) is 19.5 Å².